The zero-order valence-electron chi connectivity index (χ0n) is 17.2. The molecular weight excluding hydrogens is 380 g/mol. The van der Waals surface area contributed by atoms with E-state index in [2.05, 4.69) is 10.6 Å². The van der Waals surface area contributed by atoms with Gasteiger partial charge in [-0.1, -0.05) is 24.3 Å². The third-order valence-corrected chi connectivity index (χ3v) is 5.71. The molecular formula is C23H26N4O3. The lowest BCUT2D eigenvalue weighted by molar-refractivity contribution is -0.136. The maximum atomic E-state index is 12.8. The molecule has 2 aromatic carbocycles. The van der Waals surface area contributed by atoms with Gasteiger partial charge in [-0.3, -0.25) is 19.7 Å². The first-order chi connectivity index (χ1) is 14.2. The van der Waals surface area contributed by atoms with Crippen molar-refractivity contribution in [1.29, 1.82) is 0 Å². The van der Waals surface area contributed by atoms with Crippen molar-refractivity contribution in [2.75, 3.05) is 5.32 Å². The summed E-state index contributed by atoms with van der Waals surface area (Å²) in [5.41, 5.74) is 10.4. The zero-order chi connectivity index (χ0) is 21.5. The van der Waals surface area contributed by atoms with Crippen LogP contribution < -0.4 is 16.4 Å². The molecule has 2 aliphatic rings. The Morgan fingerprint density at radius 1 is 1.13 bits per heavy atom. The molecule has 4 rings (SSSR count). The molecule has 2 aromatic rings. The van der Waals surface area contributed by atoms with Gasteiger partial charge in [0.15, 0.2) is 0 Å². The van der Waals surface area contributed by atoms with Crippen molar-refractivity contribution in [1.82, 2.24) is 10.2 Å². The van der Waals surface area contributed by atoms with Gasteiger partial charge in [-0.15, -0.1) is 0 Å². The fourth-order valence-electron chi connectivity index (χ4n) is 3.96. The van der Waals surface area contributed by atoms with Gasteiger partial charge in [0.1, 0.15) is 6.04 Å². The van der Waals surface area contributed by atoms with Crippen molar-refractivity contribution in [3.05, 3.63) is 64.7 Å². The van der Waals surface area contributed by atoms with Gasteiger partial charge in [-0.05, 0) is 55.2 Å². The lowest BCUT2D eigenvalue weighted by atomic mass is 9.95. The maximum absolute atomic E-state index is 12.8. The first-order valence-electron chi connectivity index (χ1n) is 10.1. The number of rotatable bonds is 5. The SMILES string of the molecule is CC(C)(N)c1ccc(NCc2ccc3c(c2)CN(C2CCC(=O)NC2=O)C3=O)cc1. The number of nitrogens with zero attached hydrogens (tertiary/aromatic N) is 1. The Morgan fingerprint density at radius 2 is 1.87 bits per heavy atom. The number of imide groups is 1. The third kappa shape index (κ3) is 3.93. The zero-order valence-corrected chi connectivity index (χ0v) is 17.2. The average molecular weight is 406 g/mol. The molecule has 1 unspecified atom stereocenters. The van der Waals surface area contributed by atoms with Gasteiger partial charge >= 0.3 is 0 Å². The summed E-state index contributed by atoms with van der Waals surface area (Å²) in [7, 11) is 0. The number of benzene rings is 2. The number of hydrogen-bond donors (Lipinski definition) is 3. The highest BCUT2D eigenvalue weighted by molar-refractivity contribution is 6.05. The van der Waals surface area contributed by atoms with Crippen LogP contribution in [0.3, 0.4) is 0 Å². The van der Waals surface area contributed by atoms with Crippen LogP contribution >= 0.6 is 0 Å². The van der Waals surface area contributed by atoms with E-state index >= 15 is 0 Å². The molecule has 1 atom stereocenters. The molecule has 0 spiro atoms. The first kappa shape index (κ1) is 20.1. The molecule has 7 nitrogen and oxygen atoms in total. The number of amides is 3. The number of piperidine rings is 1. The number of carbonyl (C=O) groups excluding carboxylic acids is 3. The minimum absolute atomic E-state index is 0.154. The van der Waals surface area contributed by atoms with Crippen molar-refractivity contribution >= 4 is 23.4 Å². The minimum Gasteiger partial charge on any atom is -0.381 e. The number of nitrogens with two attached hydrogens (primary N) is 1. The van der Waals surface area contributed by atoms with E-state index in [1.807, 2.05) is 56.3 Å². The quantitative estimate of drug-likeness (QED) is 0.661. The summed E-state index contributed by atoms with van der Waals surface area (Å²) in [5, 5.41) is 5.71. The second-order valence-corrected chi connectivity index (χ2v) is 8.54. The molecule has 30 heavy (non-hydrogen) atoms. The summed E-state index contributed by atoms with van der Waals surface area (Å²) in [6.07, 6.45) is 0.625. The summed E-state index contributed by atoms with van der Waals surface area (Å²) >= 11 is 0. The largest absolute Gasteiger partial charge is 0.381 e. The molecule has 0 aliphatic carbocycles. The van der Waals surface area contributed by atoms with Gasteiger partial charge in [0.05, 0.1) is 0 Å². The van der Waals surface area contributed by atoms with Crippen molar-refractivity contribution in [3.8, 4) is 0 Å². The van der Waals surface area contributed by atoms with Crippen LogP contribution in [0.2, 0.25) is 0 Å². The highest BCUT2D eigenvalue weighted by atomic mass is 16.2. The van der Waals surface area contributed by atoms with E-state index < -0.39 is 11.9 Å². The van der Waals surface area contributed by atoms with E-state index in [1.165, 1.54) is 0 Å². The standard InChI is InChI=1S/C23H26N4O3/c1-23(2,24)16-4-6-17(7-5-16)25-12-14-3-8-18-15(11-14)13-27(22(18)30)19-9-10-20(28)26-21(19)29/h3-8,11,19,25H,9-10,12-13,24H2,1-2H3,(H,26,28,29). The molecule has 1 fully saturated rings. The predicted octanol–water partition coefficient (Wildman–Crippen LogP) is 2.25. The molecule has 2 aliphatic heterocycles. The van der Waals surface area contributed by atoms with Crippen LogP contribution in [0.4, 0.5) is 5.69 Å². The van der Waals surface area contributed by atoms with Crippen LogP contribution in [0, 0.1) is 0 Å². The summed E-state index contributed by atoms with van der Waals surface area (Å²) < 4.78 is 0. The Hall–Kier alpha value is -3.19. The Morgan fingerprint density at radius 3 is 2.53 bits per heavy atom. The molecule has 0 bridgehead atoms. The highest BCUT2D eigenvalue weighted by Gasteiger charge is 2.39. The van der Waals surface area contributed by atoms with Crippen LogP contribution in [0.5, 0.6) is 0 Å². The van der Waals surface area contributed by atoms with Crippen LogP contribution in [0.15, 0.2) is 42.5 Å². The van der Waals surface area contributed by atoms with Crippen LogP contribution in [-0.2, 0) is 28.2 Å². The first-order valence-corrected chi connectivity index (χ1v) is 10.1. The minimum atomic E-state index is -0.588. The van der Waals surface area contributed by atoms with Crippen LogP contribution in [0.25, 0.3) is 0 Å². The van der Waals surface area contributed by atoms with E-state index in [4.69, 9.17) is 5.73 Å². The Bertz CT molecular complexity index is 1010. The lowest BCUT2D eigenvalue weighted by Gasteiger charge is -2.29. The molecule has 2 heterocycles. The molecule has 7 heteroatoms. The molecule has 0 saturated carbocycles. The van der Waals surface area contributed by atoms with Gasteiger partial charge in [-0.2, -0.15) is 0 Å². The van der Waals surface area contributed by atoms with Gasteiger partial charge in [0, 0.05) is 36.3 Å². The predicted molar refractivity (Wildman–Crippen MR) is 113 cm³/mol. The molecule has 4 N–H and O–H groups in total. The Kier molecular flexibility index (Phi) is 5.07. The summed E-state index contributed by atoms with van der Waals surface area (Å²) in [5.74, 6) is -0.825. The van der Waals surface area contributed by atoms with Crippen molar-refractivity contribution < 1.29 is 14.4 Å². The van der Waals surface area contributed by atoms with Crippen molar-refractivity contribution in [3.63, 3.8) is 0 Å². The number of anilines is 1. The van der Waals surface area contributed by atoms with Gasteiger partial charge < -0.3 is 16.0 Å². The summed E-state index contributed by atoms with van der Waals surface area (Å²) in [6, 6.07) is 13.2. The van der Waals surface area contributed by atoms with Crippen LogP contribution in [0.1, 0.15) is 53.7 Å². The molecule has 0 radical (unpaired) electrons. The molecule has 1 saturated heterocycles. The highest BCUT2D eigenvalue weighted by Crippen LogP contribution is 2.28. The van der Waals surface area contributed by atoms with Crippen molar-refractivity contribution in [2.24, 2.45) is 5.73 Å². The van der Waals surface area contributed by atoms with E-state index in [0.717, 1.165) is 22.4 Å². The second-order valence-electron chi connectivity index (χ2n) is 8.54. The summed E-state index contributed by atoms with van der Waals surface area (Å²) in [6.45, 7) is 4.94. The number of nitrogens with one attached hydrogen (secondary N) is 2. The Labute approximate surface area is 175 Å². The smallest absolute Gasteiger partial charge is 0.255 e. The monoisotopic (exact) mass is 406 g/mol. The number of carbonyl (C=O) groups is 3. The average Bonchev–Trinajstić information content (AvgIpc) is 3.02. The van der Waals surface area contributed by atoms with E-state index in [1.54, 1.807) is 4.90 Å². The van der Waals surface area contributed by atoms with Gasteiger partial charge in [-0.25, -0.2) is 0 Å². The number of fused-ring (bicyclic) bond motifs is 1. The fraction of sp³-hybridized carbons (Fsp3) is 0.348. The van der Waals surface area contributed by atoms with Gasteiger partial charge in [0.2, 0.25) is 11.8 Å². The van der Waals surface area contributed by atoms with Crippen LogP contribution in [-0.4, -0.2) is 28.7 Å². The third-order valence-electron chi connectivity index (χ3n) is 5.71. The van der Waals surface area contributed by atoms with E-state index in [-0.39, 0.29) is 23.8 Å². The van der Waals surface area contributed by atoms with Gasteiger partial charge in [0.25, 0.3) is 5.91 Å². The summed E-state index contributed by atoms with van der Waals surface area (Å²) in [4.78, 5) is 37.9. The number of hydrogen-bond acceptors (Lipinski definition) is 5. The van der Waals surface area contributed by atoms with Crippen molar-refractivity contribution in [2.45, 2.75) is 51.4 Å². The Balaban J connectivity index is 1.43. The fourth-order valence-corrected chi connectivity index (χ4v) is 3.96. The molecule has 3 amide bonds. The normalized spacial score (nSPS) is 19.0. The maximum Gasteiger partial charge on any atom is 0.255 e. The molecule has 156 valence electrons. The van der Waals surface area contributed by atoms with E-state index in [9.17, 15) is 14.4 Å². The molecule has 0 aromatic heterocycles. The van der Waals surface area contributed by atoms with E-state index in [0.29, 0.717) is 25.1 Å². The lowest BCUT2D eigenvalue weighted by Crippen LogP contribution is -2.52. The second kappa shape index (κ2) is 7.57. The topological polar surface area (TPSA) is 105 Å².